The summed E-state index contributed by atoms with van der Waals surface area (Å²) in [6, 6.07) is 0. The van der Waals surface area contributed by atoms with Crippen LogP contribution in [0, 0.1) is 23.7 Å². The van der Waals surface area contributed by atoms with Crippen molar-refractivity contribution in [1.82, 2.24) is 4.98 Å². The molecule has 0 aliphatic heterocycles. The van der Waals surface area contributed by atoms with E-state index in [-0.39, 0.29) is 0 Å². The molecule has 0 radical (unpaired) electrons. The van der Waals surface area contributed by atoms with Crippen LogP contribution >= 0.6 is 11.3 Å². The molecule has 1 aromatic rings. The lowest BCUT2D eigenvalue weighted by atomic mass is 9.75. The zero-order chi connectivity index (χ0) is 12.9. The lowest BCUT2D eigenvalue weighted by Gasteiger charge is -2.30. The Balaban J connectivity index is 1.92. The molecule has 0 N–H and O–H groups in total. The fraction of sp³-hybridized carbons (Fsp3) is 0.688. The van der Waals surface area contributed by atoms with Crippen LogP contribution in [0.15, 0.2) is 17.5 Å². The Hall–Kier alpha value is -0.630. The van der Waals surface area contributed by atoms with Crippen molar-refractivity contribution in [3.05, 3.63) is 28.2 Å². The molecular weight excluding hydrogens is 238 g/mol. The van der Waals surface area contributed by atoms with Crippen molar-refractivity contribution in [3.63, 3.8) is 0 Å². The van der Waals surface area contributed by atoms with Crippen molar-refractivity contribution in [1.29, 1.82) is 0 Å². The molecule has 1 saturated carbocycles. The third-order valence-corrected chi connectivity index (χ3v) is 5.83. The summed E-state index contributed by atoms with van der Waals surface area (Å²) in [6.45, 7) is 9.23. The summed E-state index contributed by atoms with van der Waals surface area (Å²) in [6.07, 6.45) is 6.27. The zero-order valence-corrected chi connectivity index (χ0v) is 12.6. The average molecular weight is 261 g/mol. The molecular formula is C16H23NS. The van der Waals surface area contributed by atoms with Gasteiger partial charge in [0, 0.05) is 17.2 Å². The number of hydrogen-bond acceptors (Lipinski definition) is 2. The number of fused-ring (bicyclic) bond motifs is 2. The van der Waals surface area contributed by atoms with E-state index in [1.807, 2.05) is 11.3 Å². The van der Waals surface area contributed by atoms with E-state index in [2.05, 4.69) is 45.2 Å². The first kappa shape index (κ1) is 12.4. The average Bonchev–Trinajstić information content (AvgIpc) is 3.02. The van der Waals surface area contributed by atoms with Gasteiger partial charge in [-0.2, -0.15) is 0 Å². The van der Waals surface area contributed by atoms with Gasteiger partial charge in [-0.05, 0) is 30.1 Å². The van der Waals surface area contributed by atoms with E-state index in [9.17, 15) is 0 Å². The van der Waals surface area contributed by atoms with E-state index in [0.717, 1.165) is 23.7 Å². The summed E-state index contributed by atoms with van der Waals surface area (Å²) in [7, 11) is 0. The highest BCUT2D eigenvalue weighted by Crippen LogP contribution is 2.55. The van der Waals surface area contributed by atoms with E-state index in [1.165, 1.54) is 17.1 Å². The van der Waals surface area contributed by atoms with Crippen LogP contribution in [0.5, 0.6) is 0 Å². The topological polar surface area (TPSA) is 12.9 Å². The molecule has 0 amide bonds. The van der Waals surface area contributed by atoms with Crippen molar-refractivity contribution in [2.75, 3.05) is 0 Å². The van der Waals surface area contributed by atoms with Crippen LogP contribution < -0.4 is 0 Å². The van der Waals surface area contributed by atoms with Crippen LogP contribution in [-0.2, 0) is 0 Å². The van der Waals surface area contributed by atoms with E-state index in [0.29, 0.717) is 11.8 Å². The van der Waals surface area contributed by atoms with E-state index in [1.54, 1.807) is 0 Å². The molecule has 2 bridgehead atoms. The molecule has 2 heteroatoms. The summed E-state index contributed by atoms with van der Waals surface area (Å²) >= 11 is 1.85. The Morgan fingerprint density at radius 1 is 1.17 bits per heavy atom. The fourth-order valence-electron chi connectivity index (χ4n) is 3.90. The number of aromatic nitrogens is 1. The van der Waals surface area contributed by atoms with Crippen molar-refractivity contribution in [2.45, 2.75) is 46.0 Å². The van der Waals surface area contributed by atoms with Gasteiger partial charge >= 0.3 is 0 Å². The van der Waals surface area contributed by atoms with Gasteiger partial charge in [0.1, 0.15) is 0 Å². The minimum absolute atomic E-state index is 0.565. The third kappa shape index (κ3) is 1.85. The van der Waals surface area contributed by atoms with Crippen LogP contribution in [0.4, 0.5) is 0 Å². The first-order valence-corrected chi connectivity index (χ1v) is 8.09. The Bertz CT molecular complexity index is 457. The minimum Gasteiger partial charge on any atom is -0.246 e. The number of hydrogen-bond donors (Lipinski definition) is 0. The Morgan fingerprint density at radius 3 is 2.50 bits per heavy atom. The molecule has 98 valence electrons. The maximum atomic E-state index is 4.93. The monoisotopic (exact) mass is 261 g/mol. The van der Waals surface area contributed by atoms with Gasteiger partial charge in [-0.15, -0.1) is 11.3 Å². The Labute approximate surface area is 114 Å². The van der Waals surface area contributed by atoms with E-state index in [4.69, 9.17) is 4.98 Å². The molecule has 18 heavy (non-hydrogen) atoms. The van der Waals surface area contributed by atoms with E-state index < -0.39 is 0 Å². The molecule has 0 saturated heterocycles. The second-order valence-corrected chi connectivity index (χ2v) is 7.45. The van der Waals surface area contributed by atoms with E-state index >= 15 is 0 Å². The van der Waals surface area contributed by atoms with Gasteiger partial charge in [-0.1, -0.05) is 39.8 Å². The normalized spacial score (nSPS) is 34.1. The number of thiazole rings is 1. The highest BCUT2D eigenvalue weighted by atomic mass is 32.1. The molecule has 2 aliphatic rings. The molecule has 0 aromatic carbocycles. The predicted octanol–water partition coefficient (Wildman–Crippen LogP) is 4.83. The lowest BCUT2D eigenvalue weighted by molar-refractivity contribution is 0.290. The highest BCUT2D eigenvalue weighted by molar-refractivity contribution is 7.09. The van der Waals surface area contributed by atoms with Crippen LogP contribution in [0.25, 0.3) is 0 Å². The maximum Gasteiger partial charge on any atom is 0.0953 e. The first-order chi connectivity index (χ1) is 8.58. The summed E-state index contributed by atoms with van der Waals surface area (Å²) in [5, 5.41) is 3.63. The van der Waals surface area contributed by atoms with Gasteiger partial charge in [0.05, 0.1) is 10.7 Å². The van der Waals surface area contributed by atoms with Crippen molar-refractivity contribution < 1.29 is 0 Å². The third-order valence-electron chi connectivity index (χ3n) is 4.67. The van der Waals surface area contributed by atoms with Gasteiger partial charge in [-0.3, -0.25) is 0 Å². The van der Waals surface area contributed by atoms with Crippen LogP contribution in [0.1, 0.15) is 56.7 Å². The van der Waals surface area contributed by atoms with Crippen LogP contribution in [0.2, 0.25) is 0 Å². The van der Waals surface area contributed by atoms with Crippen LogP contribution in [-0.4, -0.2) is 4.98 Å². The molecule has 1 aromatic heterocycles. The standard InChI is InChI=1S/C16H23NS/c1-9(2)14-11-5-6-12(7-11)15(14)13-8-18-16(17-13)10(3)4/h5-6,8-12,14-15H,7H2,1-4H3. The molecule has 1 nitrogen and oxygen atoms in total. The molecule has 4 unspecified atom stereocenters. The summed E-state index contributed by atoms with van der Waals surface area (Å²) in [4.78, 5) is 4.93. The molecule has 1 heterocycles. The van der Waals surface area contributed by atoms with Crippen molar-refractivity contribution in [3.8, 4) is 0 Å². The second-order valence-electron chi connectivity index (χ2n) is 6.56. The number of allylic oxidation sites excluding steroid dienone is 2. The predicted molar refractivity (Wildman–Crippen MR) is 78.0 cm³/mol. The van der Waals surface area contributed by atoms with Crippen molar-refractivity contribution >= 4 is 11.3 Å². The molecule has 3 rings (SSSR count). The lowest BCUT2D eigenvalue weighted by Crippen LogP contribution is -2.23. The SMILES string of the molecule is CC(C)c1nc(C2C3C=CC(C3)C2C(C)C)cs1. The van der Waals surface area contributed by atoms with Gasteiger partial charge in [0.25, 0.3) is 0 Å². The van der Waals surface area contributed by atoms with Gasteiger partial charge in [-0.25, -0.2) is 4.98 Å². The molecule has 0 spiro atoms. The van der Waals surface area contributed by atoms with Crippen LogP contribution in [0.3, 0.4) is 0 Å². The second kappa shape index (κ2) is 4.48. The number of rotatable bonds is 3. The summed E-state index contributed by atoms with van der Waals surface area (Å²) in [5.41, 5.74) is 1.37. The van der Waals surface area contributed by atoms with Crippen molar-refractivity contribution in [2.24, 2.45) is 23.7 Å². The van der Waals surface area contributed by atoms with Gasteiger partial charge in [0.15, 0.2) is 0 Å². The smallest absolute Gasteiger partial charge is 0.0953 e. The van der Waals surface area contributed by atoms with Gasteiger partial charge < -0.3 is 0 Å². The maximum absolute atomic E-state index is 4.93. The Kier molecular flexibility index (Phi) is 3.09. The van der Waals surface area contributed by atoms with Gasteiger partial charge in [0.2, 0.25) is 0 Å². The molecule has 4 atom stereocenters. The number of nitrogens with zero attached hydrogens (tertiary/aromatic N) is 1. The largest absolute Gasteiger partial charge is 0.246 e. The summed E-state index contributed by atoms with van der Waals surface area (Å²) in [5.74, 6) is 4.38. The summed E-state index contributed by atoms with van der Waals surface area (Å²) < 4.78 is 0. The quantitative estimate of drug-likeness (QED) is 0.710. The first-order valence-electron chi connectivity index (χ1n) is 7.21. The molecule has 2 aliphatic carbocycles. The highest BCUT2D eigenvalue weighted by Gasteiger charge is 2.47. The Morgan fingerprint density at radius 2 is 1.89 bits per heavy atom. The fourth-order valence-corrected chi connectivity index (χ4v) is 4.79. The zero-order valence-electron chi connectivity index (χ0n) is 11.8. The molecule has 1 fully saturated rings. The minimum atomic E-state index is 0.565.